The van der Waals surface area contributed by atoms with Gasteiger partial charge in [0, 0.05) is 19.0 Å². The van der Waals surface area contributed by atoms with Crippen LogP contribution >= 0.6 is 0 Å². The second-order valence-electron chi connectivity index (χ2n) is 11.9. The Labute approximate surface area is 212 Å². The zero-order valence-electron chi connectivity index (χ0n) is 23.1. The molecule has 8 heteroatoms. The number of cyclic esters (lactones) is 1. The molecule has 3 N–H and O–H groups in total. The zero-order chi connectivity index (χ0) is 26.5. The molecule has 2 saturated heterocycles. The van der Waals surface area contributed by atoms with E-state index in [1.54, 1.807) is 6.92 Å². The van der Waals surface area contributed by atoms with Gasteiger partial charge in [-0.05, 0) is 71.8 Å². The summed E-state index contributed by atoms with van der Waals surface area (Å²) in [5.74, 6) is -0.313. The third-order valence-electron chi connectivity index (χ3n) is 8.13. The second kappa shape index (κ2) is 13.2. The molecule has 0 aliphatic carbocycles. The Hall–Kier alpha value is -0.770. The number of aliphatic hydroxyl groups is 3. The van der Waals surface area contributed by atoms with E-state index in [0.29, 0.717) is 18.8 Å². The molecule has 206 valence electrons. The summed E-state index contributed by atoms with van der Waals surface area (Å²) in [5.41, 5.74) is -1.58. The Morgan fingerprint density at radius 1 is 1.03 bits per heavy atom. The smallest absolute Gasteiger partial charge is 0.311 e. The lowest BCUT2D eigenvalue weighted by Gasteiger charge is -2.38. The van der Waals surface area contributed by atoms with E-state index in [0.717, 1.165) is 25.8 Å². The summed E-state index contributed by atoms with van der Waals surface area (Å²) in [5, 5.41) is 32.1. The number of carbonyl (C=O) groups is 1. The number of nitrogens with zero attached hydrogens (tertiary/aromatic N) is 1. The highest BCUT2D eigenvalue weighted by Gasteiger charge is 2.40. The van der Waals surface area contributed by atoms with Gasteiger partial charge in [0.2, 0.25) is 0 Å². The number of hydrogen-bond donors (Lipinski definition) is 3. The Kier molecular flexibility index (Phi) is 11.4. The molecule has 0 bridgehead atoms. The third kappa shape index (κ3) is 8.64. The molecule has 2 aliphatic rings. The van der Waals surface area contributed by atoms with Crippen molar-refractivity contribution in [2.24, 2.45) is 23.7 Å². The molecule has 2 heterocycles. The Morgan fingerprint density at radius 2 is 1.69 bits per heavy atom. The largest absolute Gasteiger partial charge is 0.462 e. The van der Waals surface area contributed by atoms with E-state index in [1.807, 2.05) is 20.9 Å². The van der Waals surface area contributed by atoms with Gasteiger partial charge in [-0.2, -0.15) is 0 Å². The maximum Gasteiger partial charge on any atom is 0.311 e. The summed E-state index contributed by atoms with van der Waals surface area (Å²) in [6.07, 6.45) is 1.29. The number of rotatable bonds is 2. The van der Waals surface area contributed by atoms with E-state index in [-0.39, 0.29) is 30.6 Å². The maximum atomic E-state index is 13.1. The Morgan fingerprint density at radius 3 is 2.34 bits per heavy atom. The number of likely N-dealkylation sites (N-methyl/N-ethyl adjacent to an activating group) is 1. The number of aliphatic hydroxyl groups excluding tert-OH is 2. The van der Waals surface area contributed by atoms with Crippen molar-refractivity contribution in [2.45, 2.75) is 123 Å². The van der Waals surface area contributed by atoms with E-state index in [2.05, 4.69) is 25.7 Å². The van der Waals surface area contributed by atoms with Crippen molar-refractivity contribution in [1.82, 2.24) is 4.90 Å². The summed E-state index contributed by atoms with van der Waals surface area (Å²) in [4.78, 5) is 15.2. The van der Waals surface area contributed by atoms with E-state index >= 15 is 0 Å². The normalized spacial score (nSPS) is 46.2. The quantitative estimate of drug-likeness (QED) is 0.496. The fraction of sp³-hybridized carbons (Fsp3) is 0.963. The lowest BCUT2D eigenvalue weighted by atomic mass is 9.88. The van der Waals surface area contributed by atoms with Crippen molar-refractivity contribution < 1.29 is 34.3 Å². The fourth-order valence-corrected chi connectivity index (χ4v) is 5.45. The van der Waals surface area contributed by atoms with Crippen LogP contribution in [0, 0.1) is 23.7 Å². The second-order valence-corrected chi connectivity index (χ2v) is 11.9. The lowest BCUT2D eigenvalue weighted by molar-refractivity contribution is -0.223. The highest BCUT2D eigenvalue weighted by Crippen LogP contribution is 2.31. The minimum absolute atomic E-state index is 0.0834. The first-order valence-electron chi connectivity index (χ1n) is 13.5. The average molecular weight is 502 g/mol. The van der Waals surface area contributed by atoms with Gasteiger partial charge < -0.3 is 34.4 Å². The molecule has 35 heavy (non-hydrogen) atoms. The van der Waals surface area contributed by atoms with Crippen molar-refractivity contribution in [2.75, 3.05) is 20.2 Å². The molecule has 0 spiro atoms. The predicted octanol–water partition coefficient (Wildman–Crippen LogP) is 2.96. The molecule has 0 amide bonds. The van der Waals surface area contributed by atoms with Gasteiger partial charge in [-0.15, -0.1) is 0 Å². The minimum Gasteiger partial charge on any atom is -0.462 e. The molecular weight excluding hydrogens is 450 g/mol. The maximum absolute atomic E-state index is 13.1. The summed E-state index contributed by atoms with van der Waals surface area (Å²) >= 11 is 0. The van der Waals surface area contributed by atoms with E-state index in [9.17, 15) is 20.1 Å². The Bertz CT molecular complexity index is 659. The SMILES string of the molecule is CC1C[C@H](O[C@@H]2C(C)C(=O)OC[C@@](C)(O)C(O)C(C)N(C)C[C@H](C)CCC[C@H]2C)OC(C)[C@H](O)C1. The molecule has 0 aromatic heterocycles. The van der Waals surface area contributed by atoms with Gasteiger partial charge in [0.1, 0.15) is 18.3 Å². The monoisotopic (exact) mass is 501 g/mol. The first kappa shape index (κ1) is 30.5. The predicted molar refractivity (Wildman–Crippen MR) is 135 cm³/mol. The molecular formula is C27H51NO7. The average Bonchev–Trinajstić information content (AvgIpc) is 2.89. The van der Waals surface area contributed by atoms with Crippen LogP contribution in [0.15, 0.2) is 0 Å². The summed E-state index contributed by atoms with van der Waals surface area (Å²) in [7, 11) is 1.95. The van der Waals surface area contributed by atoms with Crippen LogP contribution in [0.1, 0.15) is 80.6 Å². The number of hydrogen-bond acceptors (Lipinski definition) is 8. The first-order valence-corrected chi connectivity index (χ1v) is 13.5. The van der Waals surface area contributed by atoms with Crippen LogP contribution in [0.4, 0.5) is 0 Å². The molecule has 2 rings (SSSR count). The van der Waals surface area contributed by atoms with Gasteiger partial charge in [0.15, 0.2) is 6.29 Å². The van der Waals surface area contributed by atoms with E-state index in [1.165, 1.54) is 6.92 Å². The van der Waals surface area contributed by atoms with Crippen molar-refractivity contribution >= 4 is 5.97 Å². The highest BCUT2D eigenvalue weighted by molar-refractivity contribution is 5.72. The van der Waals surface area contributed by atoms with Crippen LogP contribution in [0.3, 0.4) is 0 Å². The zero-order valence-corrected chi connectivity index (χ0v) is 23.1. The van der Waals surface area contributed by atoms with Crippen molar-refractivity contribution in [3.05, 3.63) is 0 Å². The van der Waals surface area contributed by atoms with Crippen LogP contribution in [-0.4, -0.2) is 88.7 Å². The molecule has 2 fully saturated rings. The number of carbonyl (C=O) groups excluding carboxylic acids is 1. The van der Waals surface area contributed by atoms with Gasteiger partial charge in [-0.25, -0.2) is 0 Å². The lowest BCUT2D eigenvalue weighted by Crippen LogP contribution is -2.55. The fourth-order valence-electron chi connectivity index (χ4n) is 5.45. The van der Waals surface area contributed by atoms with Crippen LogP contribution in [0.5, 0.6) is 0 Å². The molecule has 5 unspecified atom stereocenters. The van der Waals surface area contributed by atoms with Gasteiger partial charge in [0.05, 0.1) is 24.2 Å². The van der Waals surface area contributed by atoms with Crippen LogP contribution in [0.2, 0.25) is 0 Å². The van der Waals surface area contributed by atoms with Gasteiger partial charge in [0.25, 0.3) is 0 Å². The topological polar surface area (TPSA) is 109 Å². The molecule has 2 aliphatic heterocycles. The van der Waals surface area contributed by atoms with Gasteiger partial charge in [-0.3, -0.25) is 4.79 Å². The highest BCUT2D eigenvalue weighted by atomic mass is 16.7. The molecule has 0 saturated carbocycles. The Balaban J connectivity index is 2.24. The molecule has 0 aromatic carbocycles. The molecule has 0 radical (unpaired) electrons. The number of esters is 1. The number of ether oxygens (including phenoxy) is 3. The van der Waals surface area contributed by atoms with E-state index in [4.69, 9.17) is 14.2 Å². The first-order chi connectivity index (χ1) is 16.2. The van der Waals surface area contributed by atoms with Crippen LogP contribution in [-0.2, 0) is 19.0 Å². The third-order valence-corrected chi connectivity index (χ3v) is 8.13. The van der Waals surface area contributed by atoms with Crippen molar-refractivity contribution in [3.8, 4) is 0 Å². The molecule has 11 atom stereocenters. The summed E-state index contributed by atoms with van der Waals surface area (Å²) in [6.45, 7) is 13.9. The van der Waals surface area contributed by atoms with Crippen LogP contribution < -0.4 is 0 Å². The summed E-state index contributed by atoms with van der Waals surface area (Å²) in [6, 6.07) is -0.296. The van der Waals surface area contributed by atoms with E-state index < -0.39 is 42.1 Å². The molecule has 0 aromatic rings. The summed E-state index contributed by atoms with van der Waals surface area (Å²) < 4.78 is 18.0. The van der Waals surface area contributed by atoms with Gasteiger partial charge >= 0.3 is 5.97 Å². The van der Waals surface area contributed by atoms with Gasteiger partial charge in [-0.1, -0.05) is 27.2 Å². The van der Waals surface area contributed by atoms with Crippen molar-refractivity contribution in [1.29, 1.82) is 0 Å². The standard InChI is InChI=1S/C27H51NO7/c1-16-10-9-11-18(3)24(35-23-13-17(2)12-22(29)21(6)34-23)19(4)26(31)33-15-27(7,32)25(30)20(5)28(8)14-16/h16-25,29-30,32H,9-15H2,1-8H3/t16-,17?,18-,19?,20?,21?,22-,23+,24+,25?,27-/m1/s1. The van der Waals surface area contributed by atoms with Crippen LogP contribution in [0.25, 0.3) is 0 Å². The minimum atomic E-state index is -1.58. The van der Waals surface area contributed by atoms with Crippen molar-refractivity contribution in [3.63, 3.8) is 0 Å². The molecule has 8 nitrogen and oxygen atoms in total.